The SMILES string of the molecule is Cc1c(-c2ccc3c(c2)C(C2CC2)N(C)C3=O)nnn1-c1cccnc1F. The van der Waals surface area contributed by atoms with Crippen LogP contribution in [0.3, 0.4) is 0 Å². The molecule has 1 saturated carbocycles. The van der Waals surface area contributed by atoms with Crippen LogP contribution in [0.1, 0.15) is 40.5 Å². The lowest BCUT2D eigenvalue weighted by Gasteiger charge is -2.20. The minimum atomic E-state index is -0.591. The molecule has 0 spiro atoms. The van der Waals surface area contributed by atoms with Crippen LogP contribution < -0.4 is 0 Å². The maximum Gasteiger partial charge on any atom is 0.254 e. The molecule has 5 rings (SSSR count). The number of nitrogens with zero attached hydrogens (tertiary/aromatic N) is 5. The summed E-state index contributed by atoms with van der Waals surface area (Å²) in [4.78, 5) is 18.1. The predicted octanol–water partition coefficient (Wildman–Crippen LogP) is 3.31. The number of fused-ring (bicyclic) bond motifs is 1. The zero-order valence-corrected chi connectivity index (χ0v) is 15.1. The van der Waals surface area contributed by atoms with Crippen molar-refractivity contribution in [1.82, 2.24) is 24.9 Å². The molecule has 27 heavy (non-hydrogen) atoms. The number of benzene rings is 1. The number of amides is 1. The lowest BCUT2D eigenvalue weighted by Crippen LogP contribution is -2.24. The summed E-state index contributed by atoms with van der Waals surface area (Å²) in [7, 11) is 1.87. The molecular formula is C20H18FN5O. The lowest BCUT2D eigenvalue weighted by molar-refractivity contribution is 0.0759. The van der Waals surface area contributed by atoms with Gasteiger partial charge in [-0.25, -0.2) is 9.67 Å². The molecule has 1 aromatic carbocycles. The first kappa shape index (κ1) is 16.1. The molecular weight excluding hydrogens is 345 g/mol. The topological polar surface area (TPSA) is 63.9 Å². The third kappa shape index (κ3) is 2.38. The fraction of sp³-hybridized carbons (Fsp3) is 0.300. The Morgan fingerprint density at radius 2 is 2.04 bits per heavy atom. The Morgan fingerprint density at radius 1 is 1.22 bits per heavy atom. The maximum atomic E-state index is 14.0. The summed E-state index contributed by atoms with van der Waals surface area (Å²) in [5.41, 5.74) is 4.38. The normalized spacial score (nSPS) is 18.9. The molecule has 1 fully saturated rings. The standard InChI is InChI=1S/C20H18FN5O/c1-11-17(23-24-26(11)16-4-3-9-22-19(16)21)13-7-8-14-15(10-13)18(12-5-6-12)25(2)20(14)27/h3-4,7-10,12,18H,5-6H2,1-2H3. The van der Waals surface area contributed by atoms with Gasteiger partial charge in [0.1, 0.15) is 11.4 Å². The van der Waals surface area contributed by atoms with Gasteiger partial charge in [-0.05, 0) is 55.5 Å². The largest absolute Gasteiger partial charge is 0.334 e. The predicted molar refractivity (Wildman–Crippen MR) is 96.8 cm³/mol. The number of halogens is 1. The molecule has 2 aliphatic rings. The third-order valence-electron chi connectivity index (χ3n) is 5.54. The average Bonchev–Trinajstić information content (AvgIpc) is 3.38. The second kappa shape index (κ2) is 5.70. The van der Waals surface area contributed by atoms with Crippen LogP contribution in [0, 0.1) is 18.8 Å². The van der Waals surface area contributed by atoms with Gasteiger partial charge in [-0.15, -0.1) is 5.10 Å². The third-order valence-corrected chi connectivity index (χ3v) is 5.54. The van der Waals surface area contributed by atoms with Gasteiger partial charge in [0.2, 0.25) is 5.95 Å². The van der Waals surface area contributed by atoms with Crippen molar-refractivity contribution in [2.24, 2.45) is 5.92 Å². The fourth-order valence-electron chi connectivity index (χ4n) is 4.02. The summed E-state index contributed by atoms with van der Waals surface area (Å²) in [5.74, 6) is 0.0231. The monoisotopic (exact) mass is 363 g/mol. The molecule has 0 saturated heterocycles. The maximum absolute atomic E-state index is 14.0. The van der Waals surface area contributed by atoms with Gasteiger partial charge in [0.05, 0.1) is 11.7 Å². The van der Waals surface area contributed by atoms with Crippen LogP contribution in [0.25, 0.3) is 16.9 Å². The van der Waals surface area contributed by atoms with Gasteiger partial charge in [-0.3, -0.25) is 4.79 Å². The first-order valence-electron chi connectivity index (χ1n) is 9.01. The van der Waals surface area contributed by atoms with Gasteiger partial charge in [0.15, 0.2) is 0 Å². The van der Waals surface area contributed by atoms with Crippen molar-refractivity contribution in [1.29, 1.82) is 0 Å². The Balaban J connectivity index is 1.60. The highest BCUT2D eigenvalue weighted by atomic mass is 19.1. The zero-order valence-electron chi connectivity index (χ0n) is 15.1. The number of hydrogen-bond donors (Lipinski definition) is 0. The molecule has 3 heterocycles. The van der Waals surface area contributed by atoms with Gasteiger partial charge in [0.25, 0.3) is 5.91 Å². The minimum Gasteiger partial charge on any atom is -0.334 e. The van der Waals surface area contributed by atoms with E-state index >= 15 is 0 Å². The van der Waals surface area contributed by atoms with Gasteiger partial charge in [-0.2, -0.15) is 4.39 Å². The summed E-state index contributed by atoms with van der Waals surface area (Å²) in [6.45, 7) is 1.85. The molecule has 136 valence electrons. The van der Waals surface area contributed by atoms with Crippen LogP contribution in [0.4, 0.5) is 4.39 Å². The van der Waals surface area contributed by atoms with Crippen molar-refractivity contribution in [3.05, 3.63) is 59.3 Å². The van der Waals surface area contributed by atoms with E-state index in [1.165, 1.54) is 10.9 Å². The van der Waals surface area contributed by atoms with E-state index in [0.717, 1.165) is 35.2 Å². The molecule has 7 heteroatoms. The number of carbonyl (C=O) groups is 1. The summed E-state index contributed by atoms with van der Waals surface area (Å²) in [5, 5.41) is 8.39. The van der Waals surface area contributed by atoms with Gasteiger partial charge < -0.3 is 4.90 Å². The Hall–Kier alpha value is -3.09. The first-order valence-corrected chi connectivity index (χ1v) is 9.01. The Bertz CT molecular complexity index is 1070. The molecule has 1 unspecified atom stereocenters. The molecule has 6 nitrogen and oxygen atoms in total. The van der Waals surface area contributed by atoms with Crippen molar-refractivity contribution >= 4 is 5.91 Å². The van der Waals surface area contributed by atoms with Crippen molar-refractivity contribution in [2.75, 3.05) is 7.05 Å². The smallest absolute Gasteiger partial charge is 0.254 e. The molecule has 1 aliphatic heterocycles. The number of hydrogen-bond acceptors (Lipinski definition) is 4. The Kier molecular flexibility index (Phi) is 3.40. The van der Waals surface area contributed by atoms with Crippen molar-refractivity contribution in [3.8, 4) is 16.9 Å². The summed E-state index contributed by atoms with van der Waals surface area (Å²) >= 11 is 0. The van der Waals surface area contributed by atoms with E-state index in [4.69, 9.17) is 0 Å². The van der Waals surface area contributed by atoms with Crippen LogP contribution in [0.2, 0.25) is 0 Å². The number of aromatic nitrogens is 4. The summed E-state index contributed by atoms with van der Waals surface area (Å²) in [6, 6.07) is 9.22. The average molecular weight is 363 g/mol. The lowest BCUT2D eigenvalue weighted by atomic mass is 9.97. The second-order valence-corrected chi connectivity index (χ2v) is 7.25. The van der Waals surface area contributed by atoms with Gasteiger partial charge >= 0.3 is 0 Å². The number of pyridine rings is 1. The molecule has 2 aromatic heterocycles. The number of carbonyl (C=O) groups excluding carboxylic acids is 1. The van der Waals surface area contributed by atoms with E-state index in [0.29, 0.717) is 11.6 Å². The molecule has 0 N–H and O–H groups in total. The van der Waals surface area contributed by atoms with Crippen molar-refractivity contribution < 1.29 is 9.18 Å². The highest BCUT2D eigenvalue weighted by Gasteiger charge is 2.43. The Morgan fingerprint density at radius 3 is 2.78 bits per heavy atom. The highest BCUT2D eigenvalue weighted by molar-refractivity contribution is 5.99. The second-order valence-electron chi connectivity index (χ2n) is 7.25. The molecule has 1 amide bonds. The molecule has 3 aromatic rings. The summed E-state index contributed by atoms with van der Waals surface area (Å²) in [6.07, 6.45) is 3.71. The Labute approximate surface area is 155 Å². The van der Waals surface area contributed by atoms with Crippen molar-refractivity contribution in [3.63, 3.8) is 0 Å². The molecule has 1 atom stereocenters. The van der Waals surface area contributed by atoms with Crippen LogP contribution in [-0.2, 0) is 0 Å². The van der Waals surface area contributed by atoms with Gasteiger partial charge in [0, 0.05) is 24.4 Å². The van der Waals surface area contributed by atoms with Crippen molar-refractivity contribution in [2.45, 2.75) is 25.8 Å². The van der Waals surface area contributed by atoms with E-state index < -0.39 is 5.95 Å². The molecule has 0 bridgehead atoms. The van der Waals surface area contributed by atoms with E-state index in [2.05, 4.69) is 15.3 Å². The fourth-order valence-corrected chi connectivity index (χ4v) is 4.02. The van der Waals surface area contributed by atoms with E-state index in [9.17, 15) is 9.18 Å². The zero-order chi connectivity index (χ0) is 18.7. The van der Waals surface area contributed by atoms with E-state index in [1.54, 1.807) is 12.1 Å². The van der Waals surface area contributed by atoms with Crippen LogP contribution in [-0.4, -0.2) is 37.8 Å². The van der Waals surface area contributed by atoms with Crippen LogP contribution in [0.5, 0.6) is 0 Å². The number of rotatable bonds is 3. The highest BCUT2D eigenvalue weighted by Crippen LogP contribution is 2.49. The van der Waals surface area contributed by atoms with E-state index in [-0.39, 0.29) is 17.6 Å². The minimum absolute atomic E-state index is 0.0752. The van der Waals surface area contributed by atoms with Crippen LogP contribution >= 0.6 is 0 Å². The molecule has 0 radical (unpaired) electrons. The van der Waals surface area contributed by atoms with Gasteiger partial charge in [-0.1, -0.05) is 11.3 Å². The quantitative estimate of drug-likeness (QED) is 0.670. The molecule has 1 aliphatic carbocycles. The van der Waals surface area contributed by atoms with Crippen LogP contribution in [0.15, 0.2) is 36.5 Å². The summed E-state index contributed by atoms with van der Waals surface area (Å²) < 4.78 is 15.5. The van der Waals surface area contributed by atoms with E-state index in [1.807, 2.05) is 37.1 Å². The first-order chi connectivity index (χ1) is 13.1.